The molecule has 1 heterocycles. The molecule has 0 aliphatic heterocycles. The third kappa shape index (κ3) is 3.56. The molecule has 0 spiro atoms. The van der Waals surface area contributed by atoms with Gasteiger partial charge in [-0.15, -0.1) is 0 Å². The van der Waals surface area contributed by atoms with Crippen LogP contribution < -0.4 is 4.74 Å². The highest BCUT2D eigenvalue weighted by Gasteiger charge is 1.98. The van der Waals surface area contributed by atoms with Gasteiger partial charge in [-0.25, -0.2) is 9.97 Å². The minimum atomic E-state index is 0.298. The summed E-state index contributed by atoms with van der Waals surface area (Å²) in [6.45, 7) is 0.593. The third-order valence-corrected chi connectivity index (χ3v) is 2.45. The first-order valence-corrected chi connectivity index (χ1v) is 5.77. The molecule has 0 saturated heterocycles. The van der Waals surface area contributed by atoms with Crippen molar-refractivity contribution in [3.8, 4) is 11.9 Å². The number of benzene rings is 1. The van der Waals surface area contributed by atoms with Gasteiger partial charge < -0.3 is 4.74 Å². The summed E-state index contributed by atoms with van der Waals surface area (Å²) in [5.41, 5.74) is 1.60. The summed E-state index contributed by atoms with van der Waals surface area (Å²) < 4.78 is 5.44. The lowest BCUT2D eigenvalue weighted by Gasteiger charge is -2.04. The fourth-order valence-corrected chi connectivity index (χ4v) is 1.55. The van der Waals surface area contributed by atoms with Crippen LogP contribution in [0.2, 0.25) is 0 Å². The van der Waals surface area contributed by atoms with E-state index in [4.69, 9.17) is 10.00 Å². The van der Waals surface area contributed by atoms with Gasteiger partial charge in [0.05, 0.1) is 19.0 Å². The highest BCUT2D eigenvalue weighted by molar-refractivity contribution is 5.18. The number of ether oxygens (including phenoxy) is 1. The summed E-state index contributed by atoms with van der Waals surface area (Å²) in [7, 11) is 0. The highest BCUT2D eigenvalue weighted by atomic mass is 16.5. The van der Waals surface area contributed by atoms with E-state index in [1.807, 2.05) is 24.3 Å². The van der Waals surface area contributed by atoms with Crippen LogP contribution in [0.3, 0.4) is 0 Å². The molecular formula is C14H13N3O. The Kier molecular flexibility index (Phi) is 4.26. The standard InChI is InChI=1S/C14H13N3O/c15-9-13-10-17-14(11-16-13)18-8-4-7-12-5-2-1-3-6-12/h1-3,5-6,10-11H,4,7-8H2. The van der Waals surface area contributed by atoms with Crippen LogP contribution in [0.1, 0.15) is 17.7 Å². The van der Waals surface area contributed by atoms with E-state index in [1.54, 1.807) is 0 Å². The van der Waals surface area contributed by atoms with Crippen molar-refractivity contribution in [2.45, 2.75) is 12.8 Å². The molecule has 4 heteroatoms. The number of aromatic nitrogens is 2. The Balaban J connectivity index is 1.74. The van der Waals surface area contributed by atoms with Gasteiger partial charge in [0, 0.05) is 0 Å². The Hall–Kier alpha value is -2.41. The molecule has 0 radical (unpaired) electrons. The summed E-state index contributed by atoms with van der Waals surface area (Å²) in [4.78, 5) is 7.87. The smallest absolute Gasteiger partial charge is 0.232 e. The number of nitrogens with zero attached hydrogens (tertiary/aromatic N) is 3. The number of aryl methyl sites for hydroxylation is 1. The number of hydrogen-bond donors (Lipinski definition) is 0. The van der Waals surface area contributed by atoms with E-state index in [9.17, 15) is 0 Å². The van der Waals surface area contributed by atoms with Crippen LogP contribution in [0, 0.1) is 11.3 Å². The van der Waals surface area contributed by atoms with Crippen molar-refractivity contribution >= 4 is 0 Å². The Morgan fingerprint density at radius 2 is 1.94 bits per heavy atom. The van der Waals surface area contributed by atoms with Crippen LogP contribution in [0.5, 0.6) is 5.88 Å². The summed E-state index contributed by atoms with van der Waals surface area (Å²) in [5, 5.41) is 8.58. The second-order valence-corrected chi connectivity index (χ2v) is 3.79. The molecule has 18 heavy (non-hydrogen) atoms. The largest absolute Gasteiger partial charge is 0.477 e. The first kappa shape index (κ1) is 12.1. The van der Waals surface area contributed by atoms with Crippen LogP contribution in [0.4, 0.5) is 0 Å². The molecule has 2 aromatic rings. The molecule has 0 amide bonds. The fourth-order valence-electron chi connectivity index (χ4n) is 1.55. The first-order chi connectivity index (χ1) is 8.88. The molecule has 0 aliphatic rings. The Morgan fingerprint density at radius 1 is 1.11 bits per heavy atom. The van der Waals surface area contributed by atoms with Gasteiger partial charge in [0.15, 0.2) is 5.69 Å². The summed E-state index contributed by atoms with van der Waals surface area (Å²) in [6, 6.07) is 12.2. The minimum Gasteiger partial charge on any atom is -0.477 e. The fraction of sp³-hybridized carbons (Fsp3) is 0.214. The lowest BCUT2D eigenvalue weighted by molar-refractivity contribution is 0.298. The number of hydrogen-bond acceptors (Lipinski definition) is 4. The van der Waals surface area contributed by atoms with Crippen molar-refractivity contribution in [3.05, 3.63) is 54.0 Å². The first-order valence-electron chi connectivity index (χ1n) is 5.77. The number of rotatable bonds is 5. The number of nitriles is 1. The molecule has 0 aliphatic carbocycles. The van der Waals surface area contributed by atoms with Crippen molar-refractivity contribution < 1.29 is 4.74 Å². The maximum absolute atomic E-state index is 8.58. The Labute approximate surface area is 106 Å². The van der Waals surface area contributed by atoms with Gasteiger partial charge in [-0.3, -0.25) is 0 Å². The molecular weight excluding hydrogens is 226 g/mol. The van der Waals surface area contributed by atoms with E-state index in [-0.39, 0.29) is 0 Å². The van der Waals surface area contributed by atoms with E-state index >= 15 is 0 Å². The molecule has 0 unspecified atom stereocenters. The van der Waals surface area contributed by atoms with Crippen LogP contribution >= 0.6 is 0 Å². The van der Waals surface area contributed by atoms with Gasteiger partial charge in [-0.1, -0.05) is 30.3 Å². The van der Waals surface area contributed by atoms with Crippen molar-refractivity contribution in [2.75, 3.05) is 6.61 Å². The van der Waals surface area contributed by atoms with Crippen LogP contribution in [0.25, 0.3) is 0 Å². The topological polar surface area (TPSA) is 58.8 Å². The molecule has 2 rings (SSSR count). The van der Waals surface area contributed by atoms with E-state index in [1.165, 1.54) is 18.0 Å². The average molecular weight is 239 g/mol. The van der Waals surface area contributed by atoms with Gasteiger partial charge >= 0.3 is 0 Å². The van der Waals surface area contributed by atoms with Crippen molar-refractivity contribution in [2.24, 2.45) is 0 Å². The zero-order chi connectivity index (χ0) is 12.6. The van der Waals surface area contributed by atoms with Crippen molar-refractivity contribution in [1.29, 1.82) is 5.26 Å². The molecule has 0 fully saturated rings. The molecule has 4 nitrogen and oxygen atoms in total. The van der Waals surface area contributed by atoms with E-state index in [2.05, 4.69) is 22.1 Å². The second-order valence-electron chi connectivity index (χ2n) is 3.79. The molecule has 0 N–H and O–H groups in total. The Morgan fingerprint density at radius 3 is 2.61 bits per heavy atom. The lowest BCUT2D eigenvalue weighted by atomic mass is 10.1. The van der Waals surface area contributed by atoms with Gasteiger partial charge in [-0.2, -0.15) is 5.26 Å². The van der Waals surface area contributed by atoms with Gasteiger partial charge in [0.25, 0.3) is 0 Å². The van der Waals surface area contributed by atoms with Gasteiger partial charge in [-0.05, 0) is 18.4 Å². The monoisotopic (exact) mass is 239 g/mol. The van der Waals surface area contributed by atoms with Gasteiger partial charge in [0.2, 0.25) is 5.88 Å². The SMILES string of the molecule is N#Cc1cnc(OCCCc2ccccc2)cn1. The third-order valence-electron chi connectivity index (χ3n) is 2.45. The molecule has 0 atom stereocenters. The predicted molar refractivity (Wildman–Crippen MR) is 67.0 cm³/mol. The minimum absolute atomic E-state index is 0.298. The normalized spacial score (nSPS) is 9.72. The molecule has 0 bridgehead atoms. The van der Waals surface area contributed by atoms with E-state index < -0.39 is 0 Å². The van der Waals surface area contributed by atoms with Crippen molar-refractivity contribution in [1.82, 2.24) is 9.97 Å². The molecule has 1 aromatic carbocycles. The Bertz CT molecular complexity index is 517. The van der Waals surface area contributed by atoms with E-state index in [0.717, 1.165) is 12.8 Å². The van der Waals surface area contributed by atoms with Crippen LogP contribution in [-0.2, 0) is 6.42 Å². The molecule has 0 saturated carbocycles. The maximum atomic E-state index is 8.58. The zero-order valence-electron chi connectivity index (χ0n) is 9.91. The van der Waals surface area contributed by atoms with E-state index in [0.29, 0.717) is 18.2 Å². The summed E-state index contributed by atoms with van der Waals surface area (Å²) in [5.74, 6) is 0.460. The summed E-state index contributed by atoms with van der Waals surface area (Å²) in [6.07, 6.45) is 4.78. The molecule has 90 valence electrons. The maximum Gasteiger partial charge on any atom is 0.232 e. The second kappa shape index (κ2) is 6.36. The van der Waals surface area contributed by atoms with Gasteiger partial charge in [0.1, 0.15) is 6.07 Å². The quantitative estimate of drug-likeness (QED) is 0.751. The average Bonchev–Trinajstić information content (AvgIpc) is 2.45. The predicted octanol–water partition coefficient (Wildman–Crippen LogP) is 2.36. The zero-order valence-corrected chi connectivity index (χ0v) is 9.91. The van der Waals surface area contributed by atoms with Crippen molar-refractivity contribution in [3.63, 3.8) is 0 Å². The highest BCUT2D eigenvalue weighted by Crippen LogP contribution is 2.06. The lowest BCUT2D eigenvalue weighted by Crippen LogP contribution is -2.01. The molecule has 1 aromatic heterocycles. The van der Waals surface area contributed by atoms with Crippen LogP contribution in [-0.4, -0.2) is 16.6 Å². The van der Waals surface area contributed by atoms with Crippen LogP contribution in [0.15, 0.2) is 42.7 Å². The summed E-state index contributed by atoms with van der Waals surface area (Å²) >= 11 is 0.